The Balaban J connectivity index is 2.24. The Kier molecular flexibility index (Phi) is 6.06. The molecule has 0 aliphatic heterocycles. The van der Waals surface area contributed by atoms with E-state index in [1.807, 2.05) is 6.92 Å². The van der Waals surface area contributed by atoms with Gasteiger partial charge in [-0.3, -0.25) is 14.9 Å². The number of nitrogens with zero attached hydrogens (tertiary/aromatic N) is 1. The van der Waals surface area contributed by atoms with Gasteiger partial charge in [-0.15, -0.1) is 0 Å². The third-order valence-corrected chi connectivity index (χ3v) is 3.85. The zero-order valence-corrected chi connectivity index (χ0v) is 14.8. The van der Waals surface area contributed by atoms with Crippen LogP contribution in [-0.2, 0) is 11.3 Å². The van der Waals surface area contributed by atoms with Crippen LogP contribution in [0.5, 0.6) is 5.75 Å². The minimum Gasteiger partial charge on any atom is -0.493 e. The van der Waals surface area contributed by atoms with Crippen LogP contribution in [0, 0.1) is 17.0 Å². The van der Waals surface area contributed by atoms with Crippen molar-refractivity contribution in [1.29, 1.82) is 0 Å². The third kappa shape index (κ3) is 4.24. The Labute approximate surface area is 150 Å². The molecule has 2 rings (SSSR count). The topological polar surface area (TPSA) is 95.7 Å². The number of benzene rings is 2. The van der Waals surface area contributed by atoms with Gasteiger partial charge in [0.25, 0.3) is 5.69 Å². The summed E-state index contributed by atoms with van der Waals surface area (Å²) in [5, 5.41) is 11.0. The van der Waals surface area contributed by atoms with Gasteiger partial charge in [-0.05, 0) is 45.0 Å². The Morgan fingerprint density at radius 1 is 1.19 bits per heavy atom. The standard InChI is InChI=1S/C19H19NO6/c1-4-25-18-9-8-14(13(3)21)10-15(18)11-26-19(22)16-6-5-7-17(12(16)2)20(23)24/h5-10H,4,11H2,1-3H3. The number of esters is 1. The number of ketones is 1. The first kappa shape index (κ1) is 19.1. The number of carbonyl (C=O) groups excluding carboxylic acids is 2. The van der Waals surface area contributed by atoms with Crippen LogP contribution in [0.3, 0.4) is 0 Å². The van der Waals surface area contributed by atoms with Crippen LogP contribution in [0.4, 0.5) is 5.69 Å². The van der Waals surface area contributed by atoms with E-state index in [0.717, 1.165) is 0 Å². The molecule has 0 saturated heterocycles. The highest BCUT2D eigenvalue weighted by Crippen LogP contribution is 2.24. The lowest BCUT2D eigenvalue weighted by Crippen LogP contribution is -2.10. The number of nitro groups is 1. The van der Waals surface area contributed by atoms with Crippen molar-refractivity contribution in [3.63, 3.8) is 0 Å². The van der Waals surface area contributed by atoms with Crippen LogP contribution in [-0.4, -0.2) is 23.3 Å². The lowest BCUT2D eigenvalue weighted by Gasteiger charge is -2.12. The van der Waals surface area contributed by atoms with Gasteiger partial charge < -0.3 is 9.47 Å². The maximum Gasteiger partial charge on any atom is 0.338 e. The zero-order valence-electron chi connectivity index (χ0n) is 14.8. The molecular weight excluding hydrogens is 338 g/mol. The first-order valence-corrected chi connectivity index (χ1v) is 8.03. The third-order valence-electron chi connectivity index (χ3n) is 3.85. The quantitative estimate of drug-likeness (QED) is 0.323. The molecule has 0 radical (unpaired) electrons. The van der Waals surface area contributed by atoms with Crippen LogP contribution in [0.25, 0.3) is 0 Å². The van der Waals surface area contributed by atoms with Crippen molar-refractivity contribution >= 4 is 17.4 Å². The van der Waals surface area contributed by atoms with Crippen molar-refractivity contribution in [2.75, 3.05) is 6.61 Å². The van der Waals surface area contributed by atoms with E-state index in [0.29, 0.717) is 23.5 Å². The second kappa shape index (κ2) is 8.24. The van der Waals surface area contributed by atoms with Crippen molar-refractivity contribution < 1.29 is 24.0 Å². The summed E-state index contributed by atoms with van der Waals surface area (Å²) in [6.45, 7) is 5.07. The molecule has 0 unspecified atom stereocenters. The van der Waals surface area contributed by atoms with Crippen LogP contribution in [0.15, 0.2) is 36.4 Å². The van der Waals surface area contributed by atoms with Crippen molar-refractivity contribution in [3.8, 4) is 5.75 Å². The summed E-state index contributed by atoms with van der Waals surface area (Å²) in [6.07, 6.45) is 0. The molecule has 0 spiro atoms. The normalized spacial score (nSPS) is 10.3. The predicted molar refractivity (Wildman–Crippen MR) is 94.6 cm³/mol. The van der Waals surface area contributed by atoms with Gasteiger partial charge in [-0.2, -0.15) is 0 Å². The Morgan fingerprint density at radius 3 is 2.54 bits per heavy atom. The summed E-state index contributed by atoms with van der Waals surface area (Å²) in [7, 11) is 0. The molecule has 7 heteroatoms. The van der Waals surface area contributed by atoms with Gasteiger partial charge in [-0.25, -0.2) is 4.79 Å². The predicted octanol–water partition coefficient (Wildman–Crippen LogP) is 3.86. The van der Waals surface area contributed by atoms with E-state index in [1.54, 1.807) is 18.2 Å². The van der Waals surface area contributed by atoms with Crippen LogP contribution < -0.4 is 4.74 Å². The zero-order chi connectivity index (χ0) is 19.3. The molecule has 26 heavy (non-hydrogen) atoms. The van der Waals surface area contributed by atoms with Crippen molar-refractivity contribution in [2.45, 2.75) is 27.4 Å². The average molecular weight is 357 g/mol. The van der Waals surface area contributed by atoms with Gasteiger partial charge in [0.1, 0.15) is 12.4 Å². The number of Topliss-reactive ketones (excluding diaryl/α,β-unsaturated/α-hetero) is 1. The fourth-order valence-corrected chi connectivity index (χ4v) is 2.47. The monoisotopic (exact) mass is 357 g/mol. The van der Waals surface area contributed by atoms with E-state index in [9.17, 15) is 19.7 Å². The average Bonchev–Trinajstić information content (AvgIpc) is 2.60. The molecular formula is C19H19NO6. The summed E-state index contributed by atoms with van der Waals surface area (Å²) in [4.78, 5) is 34.4. The summed E-state index contributed by atoms with van der Waals surface area (Å²) in [5.74, 6) is -0.280. The number of nitro benzene ring substituents is 1. The molecule has 0 aliphatic carbocycles. The highest BCUT2D eigenvalue weighted by Gasteiger charge is 2.19. The first-order valence-electron chi connectivity index (χ1n) is 8.03. The first-order chi connectivity index (χ1) is 12.3. The molecule has 0 heterocycles. The number of hydrogen-bond acceptors (Lipinski definition) is 6. The number of rotatable bonds is 7. The highest BCUT2D eigenvalue weighted by atomic mass is 16.6. The summed E-state index contributed by atoms with van der Waals surface area (Å²) >= 11 is 0. The lowest BCUT2D eigenvalue weighted by molar-refractivity contribution is -0.385. The summed E-state index contributed by atoms with van der Waals surface area (Å²) in [5.41, 5.74) is 1.25. The van der Waals surface area contributed by atoms with Gasteiger partial charge in [0.2, 0.25) is 0 Å². The maximum absolute atomic E-state index is 12.3. The number of carbonyl (C=O) groups is 2. The van der Waals surface area contributed by atoms with E-state index >= 15 is 0 Å². The largest absolute Gasteiger partial charge is 0.493 e. The fraction of sp³-hybridized carbons (Fsp3) is 0.263. The molecule has 7 nitrogen and oxygen atoms in total. The SMILES string of the molecule is CCOc1ccc(C(C)=O)cc1COC(=O)c1cccc([N+](=O)[O-])c1C. The van der Waals surface area contributed by atoms with Gasteiger partial charge >= 0.3 is 5.97 Å². The fourth-order valence-electron chi connectivity index (χ4n) is 2.47. The van der Waals surface area contributed by atoms with Crippen molar-refractivity contribution in [3.05, 3.63) is 68.8 Å². The van der Waals surface area contributed by atoms with Gasteiger partial charge in [0.15, 0.2) is 5.78 Å². The van der Waals surface area contributed by atoms with E-state index in [2.05, 4.69) is 0 Å². The molecule has 2 aromatic rings. The molecule has 0 bridgehead atoms. The Bertz CT molecular complexity index is 859. The molecule has 0 amide bonds. The minimum atomic E-state index is -0.679. The van der Waals surface area contributed by atoms with E-state index in [4.69, 9.17) is 9.47 Å². The molecule has 136 valence electrons. The molecule has 0 atom stereocenters. The van der Waals surface area contributed by atoms with E-state index < -0.39 is 10.9 Å². The van der Waals surface area contributed by atoms with Gasteiger partial charge in [0.05, 0.1) is 17.1 Å². The lowest BCUT2D eigenvalue weighted by atomic mass is 10.1. The van der Waals surface area contributed by atoms with Crippen LogP contribution in [0.1, 0.15) is 45.7 Å². The highest BCUT2D eigenvalue weighted by molar-refractivity contribution is 5.94. The van der Waals surface area contributed by atoms with E-state index in [-0.39, 0.29) is 29.2 Å². The smallest absolute Gasteiger partial charge is 0.338 e. The maximum atomic E-state index is 12.3. The second-order valence-corrected chi connectivity index (χ2v) is 5.59. The molecule has 0 aliphatic rings. The number of ether oxygens (including phenoxy) is 2. The molecule has 0 aromatic heterocycles. The van der Waals surface area contributed by atoms with Gasteiger partial charge in [-0.1, -0.05) is 6.07 Å². The van der Waals surface area contributed by atoms with Gasteiger partial charge in [0, 0.05) is 22.8 Å². The van der Waals surface area contributed by atoms with Crippen molar-refractivity contribution in [1.82, 2.24) is 0 Å². The molecule has 2 aromatic carbocycles. The summed E-state index contributed by atoms with van der Waals surface area (Å²) in [6, 6.07) is 9.14. The minimum absolute atomic E-state index is 0.114. The summed E-state index contributed by atoms with van der Waals surface area (Å²) < 4.78 is 10.8. The van der Waals surface area contributed by atoms with Crippen LogP contribution >= 0.6 is 0 Å². The molecule has 0 saturated carbocycles. The molecule has 0 N–H and O–H groups in total. The van der Waals surface area contributed by atoms with Crippen molar-refractivity contribution in [2.24, 2.45) is 0 Å². The molecule has 0 fully saturated rings. The number of hydrogen-bond donors (Lipinski definition) is 0. The van der Waals surface area contributed by atoms with E-state index in [1.165, 1.54) is 32.0 Å². The Hall–Kier alpha value is -3.22. The van der Waals surface area contributed by atoms with Crippen LogP contribution in [0.2, 0.25) is 0 Å². The second-order valence-electron chi connectivity index (χ2n) is 5.59. The Morgan fingerprint density at radius 2 is 1.92 bits per heavy atom.